The van der Waals surface area contributed by atoms with Crippen molar-refractivity contribution >= 4 is 12.0 Å². The van der Waals surface area contributed by atoms with E-state index in [0.717, 1.165) is 25.1 Å². The minimum Gasteiger partial charge on any atom is -0.372 e. The maximum atomic E-state index is 10.9. The number of rotatable bonds is 3. The summed E-state index contributed by atoms with van der Waals surface area (Å²) >= 11 is 0. The van der Waals surface area contributed by atoms with Gasteiger partial charge in [0.15, 0.2) is 6.29 Å². The number of hydrogen-bond acceptors (Lipinski definition) is 2. The largest absolute Gasteiger partial charge is 0.372 e. The number of benzene rings is 1. The molecular formula is C16H18N2O. The first-order valence-corrected chi connectivity index (χ1v) is 6.86. The molecule has 3 heteroatoms. The van der Waals surface area contributed by atoms with Gasteiger partial charge in [-0.1, -0.05) is 0 Å². The first kappa shape index (κ1) is 12.0. The molecule has 3 nitrogen and oxygen atoms in total. The second kappa shape index (κ2) is 5.31. The van der Waals surface area contributed by atoms with Crippen LogP contribution in [0.1, 0.15) is 29.8 Å². The standard InChI is InChI=1S/C16H18N2O/c19-13-16-5-4-12-18(16)15-8-6-14(7-9-15)17-10-2-1-3-11-17/h4-9,12-13H,1-3,10-11H2. The molecular weight excluding hydrogens is 236 g/mol. The normalized spacial score (nSPS) is 15.5. The average Bonchev–Trinajstić information content (AvgIpc) is 2.97. The Morgan fingerprint density at radius 2 is 1.58 bits per heavy atom. The molecule has 1 aromatic carbocycles. The fourth-order valence-corrected chi connectivity index (χ4v) is 2.70. The number of carbonyl (C=O) groups excluding carboxylic acids is 1. The molecule has 19 heavy (non-hydrogen) atoms. The summed E-state index contributed by atoms with van der Waals surface area (Å²) < 4.78 is 1.91. The summed E-state index contributed by atoms with van der Waals surface area (Å²) in [6.07, 6.45) is 6.72. The van der Waals surface area contributed by atoms with Gasteiger partial charge in [0.1, 0.15) is 0 Å². The van der Waals surface area contributed by atoms with E-state index < -0.39 is 0 Å². The number of anilines is 1. The topological polar surface area (TPSA) is 25.2 Å². The molecule has 1 fully saturated rings. The van der Waals surface area contributed by atoms with Gasteiger partial charge in [0.05, 0.1) is 5.69 Å². The Labute approximate surface area is 113 Å². The van der Waals surface area contributed by atoms with Crippen LogP contribution in [0.15, 0.2) is 42.6 Å². The van der Waals surface area contributed by atoms with E-state index in [2.05, 4.69) is 29.2 Å². The molecule has 2 heterocycles. The Kier molecular flexibility index (Phi) is 3.36. The van der Waals surface area contributed by atoms with Crippen LogP contribution in [0.5, 0.6) is 0 Å². The molecule has 0 atom stereocenters. The summed E-state index contributed by atoms with van der Waals surface area (Å²) in [6.45, 7) is 2.31. The molecule has 1 saturated heterocycles. The van der Waals surface area contributed by atoms with Crippen molar-refractivity contribution in [2.24, 2.45) is 0 Å². The lowest BCUT2D eigenvalue weighted by atomic mass is 10.1. The Balaban J connectivity index is 1.84. The Bertz CT molecular complexity index is 550. The second-order valence-corrected chi connectivity index (χ2v) is 4.99. The summed E-state index contributed by atoms with van der Waals surface area (Å²) in [5.74, 6) is 0. The van der Waals surface area contributed by atoms with Crippen molar-refractivity contribution in [3.05, 3.63) is 48.3 Å². The van der Waals surface area contributed by atoms with Crippen molar-refractivity contribution in [3.8, 4) is 5.69 Å². The van der Waals surface area contributed by atoms with Crippen LogP contribution in [0.2, 0.25) is 0 Å². The van der Waals surface area contributed by atoms with Gasteiger partial charge in [-0.05, 0) is 55.7 Å². The number of nitrogens with zero attached hydrogens (tertiary/aromatic N) is 2. The number of aldehydes is 1. The smallest absolute Gasteiger partial charge is 0.166 e. The summed E-state index contributed by atoms with van der Waals surface area (Å²) in [5.41, 5.74) is 3.00. The summed E-state index contributed by atoms with van der Waals surface area (Å²) in [4.78, 5) is 13.4. The van der Waals surface area contributed by atoms with Crippen LogP contribution in [0.25, 0.3) is 5.69 Å². The molecule has 1 aromatic heterocycles. The fraction of sp³-hybridized carbons (Fsp3) is 0.312. The minimum absolute atomic E-state index is 0.686. The molecule has 98 valence electrons. The van der Waals surface area contributed by atoms with Gasteiger partial charge in [0.25, 0.3) is 0 Å². The monoisotopic (exact) mass is 254 g/mol. The van der Waals surface area contributed by atoms with E-state index in [0.29, 0.717) is 5.69 Å². The van der Waals surface area contributed by atoms with Crippen LogP contribution in [0, 0.1) is 0 Å². The molecule has 0 radical (unpaired) electrons. The van der Waals surface area contributed by atoms with Crippen LogP contribution in [-0.2, 0) is 0 Å². The molecule has 0 N–H and O–H groups in total. The quantitative estimate of drug-likeness (QED) is 0.785. The summed E-state index contributed by atoms with van der Waals surface area (Å²) in [6, 6.07) is 12.2. The number of aromatic nitrogens is 1. The SMILES string of the molecule is O=Cc1cccn1-c1ccc(N2CCCCC2)cc1. The van der Waals surface area contributed by atoms with Crippen molar-refractivity contribution in [1.29, 1.82) is 0 Å². The van der Waals surface area contributed by atoms with Crippen molar-refractivity contribution in [1.82, 2.24) is 4.57 Å². The van der Waals surface area contributed by atoms with E-state index in [4.69, 9.17) is 0 Å². The lowest BCUT2D eigenvalue weighted by Gasteiger charge is -2.28. The highest BCUT2D eigenvalue weighted by molar-refractivity contribution is 5.74. The first-order valence-electron chi connectivity index (χ1n) is 6.86. The predicted octanol–water partition coefficient (Wildman–Crippen LogP) is 3.28. The Hall–Kier alpha value is -2.03. The third-order valence-corrected chi connectivity index (χ3v) is 3.75. The minimum atomic E-state index is 0.686. The van der Waals surface area contributed by atoms with Gasteiger partial charge >= 0.3 is 0 Å². The van der Waals surface area contributed by atoms with Crippen molar-refractivity contribution in [2.75, 3.05) is 18.0 Å². The molecule has 0 bridgehead atoms. The Morgan fingerprint density at radius 1 is 0.895 bits per heavy atom. The van der Waals surface area contributed by atoms with E-state index in [9.17, 15) is 4.79 Å². The van der Waals surface area contributed by atoms with Gasteiger partial charge < -0.3 is 9.47 Å². The molecule has 2 aromatic rings. The van der Waals surface area contributed by atoms with E-state index >= 15 is 0 Å². The molecule has 1 aliphatic rings. The van der Waals surface area contributed by atoms with Crippen molar-refractivity contribution < 1.29 is 4.79 Å². The Morgan fingerprint density at radius 3 is 2.26 bits per heavy atom. The van der Waals surface area contributed by atoms with Gasteiger partial charge in [0.2, 0.25) is 0 Å². The lowest BCUT2D eigenvalue weighted by Crippen LogP contribution is -2.29. The second-order valence-electron chi connectivity index (χ2n) is 4.99. The molecule has 0 unspecified atom stereocenters. The zero-order valence-electron chi connectivity index (χ0n) is 11.0. The molecule has 0 saturated carbocycles. The predicted molar refractivity (Wildman–Crippen MR) is 77.2 cm³/mol. The summed E-state index contributed by atoms with van der Waals surface area (Å²) in [5, 5.41) is 0. The molecule has 0 amide bonds. The third kappa shape index (κ3) is 2.41. The highest BCUT2D eigenvalue weighted by atomic mass is 16.1. The van der Waals surface area contributed by atoms with Gasteiger partial charge in [-0.3, -0.25) is 4.79 Å². The molecule has 0 aliphatic carbocycles. The van der Waals surface area contributed by atoms with Crippen LogP contribution < -0.4 is 4.90 Å². The van der Waals surface area contributed by atoms with Crippen LogP contribution in [0.4, 0.5) is 5.69 Å². The maximum Gasteiger partial charge on any atom is 0.166 e. The molecule has 1 aliphatic heterocycles. The van der Waals surface area contributed by atoms with Gasteiger partial charge in [0, 0.05) is 30.7 Å². The van der Waals surface area contributed by atoms with Crippen molar-refractivity contribution in [3.63, 3.8) is 0 Å². The zero-order chi connectivity index (χ0) is 13.1. The average molecular weight is 254 g/mol. The zero-order valence-corrected chi connectivity index (χ0v) is 11.0. The maximum absolute atomic E-state index is 10.9. The first-order chi connectivity index (χ1) is 9.38. The lowest BCUT2D eigenvalue weighted by molar-refractivity contribution is 0.111. The van der Waals surface area contributed by atoms with Gasteiger partial charge in [-0.2, -0.15) is 0 Å². The highest BCUT2D eigenvalue weighted by Crippen LogP contribution is 2.22. The van der Waals surface area contributed by atoms with E-state index in [1.54, 1.807) is 0 Å². The number of hydrogen-bond donors (Lipinski definition) is 0. The summed E-state index contributed by atoms with van der Waals surface area (Å²) in [7, 11) is 0. The third-order valence-electron chi connectivity index (χ3n) is 3.75. The highest BCUT2D eigenvalue weighted by Gasteiger charge is 2.10. The van der Waals surface area contributed by atoms with Crippen LogP contribution in [0.3, 0.4) is 0 Å². The fourth-order valence-electron chi connectivity index (χ4n) is 2.70. The van der Waals surface area contributed by atoms with Crippen LogP contribution in [-0.4, -0.2) is 23.9 Å². The van der Waals surface area contributed by atoms with Crippen LogP contribution >= 0.6 is 0 Å². The van der Waals surface area contributed by atoms with Gasteiger partial charge in [-0.25, -0.2) is 0 Å². The number of piperidine rings is 1. The van der Waals surface area contributed by atoms with E-state index in [1.807, 2.05) is 22.9 Å². The van der Waals surface area contributed by atoms with Crippen molar-refractivity contribution in [2.45, 2.75) is 19.3 Å². The van der Waals surface area contributed by atoms with E-state index in [-0.39, 0.29) is 0 Å². The molecule has 3 rings (SSSR count). The van der Waals surface area contributed by atoms with Gasteiger partial charge in [-0.15, -0.1) is 0 Å². The molecule has 0 spiro atoms. The van der Waals surface area contributed by atoms with E-state index in [1.165, 1.54) is 24.9 Å². The number of carbonyl (C=O) groups is 1.